The van der Waals surface area contributed by atoms with Crippen molar-refractivity contribution in [1.82, 2.24) is 0 Å². The van der Waals surface area contributed by atoms with Gasteiger partial charge < -0.3 is 14.2 Å². The molecule has 2 aromatic rings. The topological polar surface area (TPSA) is 44.8 Å². The summed E-state index contributed by atoms with van der Waals surface area (Å²) in [6.45, 7) is 3.47. The summed E-state index contributed by atoms with van der Waals surface area (Å²) in [5.41, 5.74) is 0.494. The number of carbonyl (C=O) groups excluding carboxylic acids is 1. The highest BCUT2D eigenvalue weighted by molar-refractivity contribution is 5.91. The summed E-state index contributed by atoms with van der Waals surface area (Å²) in [4.78, 5) is 12.3. The van der Waals surface area contributed by atoms with Gasteiger partial charge in [-0.15, -0.1) is 0 Å². The van der Waals surface area contributed by atoms with Gasteiger partial charge in [0.05, 0.1) is 18.8 Å². The van der Waals surface area contributed by atoms with Crippen molar-refractivity contribution in [2.75, 3.05) is 13.2 Å². The number of benzene rings is 2. The summed E-state index contributed by atoms with van der Waals surface area (Å²) in [5, 5.41) is 0. The molecule has 0 unspecified atom stereocenters. The van der Waals surface area contributed by atoms with Gasteiger partial charge in [0, 0.05) is 0 Å². The van der Waals surface area contributed by atoms with Gasteiger partial charge in [0.1, 0.15) is 17.2 Å². The summed E-state index contributed by atoms with van der Waals surface area (Å²) in [6, 6.07) is 14.2. The van der Waals surface area contributed by atoms with Crippen molar-refractivity contribution < 1.29 is 19.0 Å². The number of rotatable bonds is 8. The number of esters is 1. The Labute approximate surface area is 161 Å². The van der Waals surface area contributed by atoms with E-state index in [-0.39, 0.29) is 5.97 Å². The van der Waals surface area contributed by atoms with E-state index in [0.29, 0.717) is 23.8 Å². The van der Waals surface area contributed by atoms with E-state index in [9.17, 15) is 4.79 Å². The van der Waals surface area contributed by atoms with E-state index >= 15 is 0 Å². The minimum atomic E-state index is -0.385. The van der Waals surface area contributed by atoms with Crippen LogP contribution in [0.2, 0.25) is 0 Å². The van der Waals surface area contributed by atoms with Crippen molar-refractivity contribution in [3.8, 4) is 17.2 Å². The first-order valence-corrected chi connectivity index (χ1v) is 9.74. The molecule has 0 saturated heterocycles. The smallest absolute Gasteiger partial charge is 0.343 e. The lowest BCUT2D eigenvalue weighted by atomic mass is 9.90. The van der Waals surface area contributed by atoms with Crippen LogP contribution < -0.4 is 14.2 Å². The van der Waals surface area contributed by atoms with E-state index in [1.54, 1.807) is 36.4 Å². The first-order chi connectivity index (χ1) is 13.2. The third-order valence-corrected chi connectivity index (χ3v) is 4.64. The molecule has 2 aromatic carbocycles. The number of hydrogen-bond acceptors (Lipinski definition) is 4. The average molecular weight is 367 g/mol. The number of carbonyl (C=O) groups is 1. The molecule has 4 heteroatoms. The predicted molar refractivity (Wildman–Crippen MR) is 105 cm³/mol. The van der Waals surface area contributed by atoms with Gasteiger partial charge in [-0.05, 0) is 93.0 Å². The standard InChI is InChI=1S/C23H27O4/c1-2-16-25-20-10-8-19(9-11-20)23(24)27-22-14-12-21(13-15-22)26-17-18-6-4-3-5-7-18/h3,8-15,18H,2,4-7,16-17H2,1H3. The van der Waals surface area contributed by atoms with Crippen LogP contribution in [0.3, 0.4) is 0 Å². The maximum absolute atomic E-state index is 12.3. The largest absolute Gasteiger partial charge is 0.494 e. The molecule has 1 aliphatic rings. The summed E-state index contributed by atoms with van der Waals surface area (Å²) >= 11 is 0. The molecule has 1 saturated carbocycles. The van der Waals surface area contributed by atoms with Gasteiger partial charge in [-0.1, -0.05) is 6.92 Å². The van der Waals surface area contributed by atoms with Crippen molar-refractivity contribution in [1.29, 1.82) is 0 Å². The zero-order valence-electron chi connectivity index (χ0n) is 15.9. The van der Waals surface area contributed by atoms with E-state index in [2.05, 4.69) is 13.3 Å². The van der Waals surface area contributed by atoms with Gasteiger partial charge in [-0.3, -0.25) is 0 Å². The Morgan fingerprint density at radius 1 is 0.889 bits per heavy atom. The maximum Gasteiger partial charge on any atom is 0.343 e. The fourth-order valence-electron chi connectivity index (χ4n) is 3.05. The van der Waals surface area contributed by atoms with Gasteiger partial charge in [0.15, 0.2) is 0 Å². The minimum absolute atomic E-state index is 0.385. The monoisotopic (exact) mass is 367 g/mol. The molecule has 0 aliphatic heterocycles. The molecule has 0 spiro atoms. The number of ether oxygens (including phenoxy) is 3. The summed E-state index contributed by atoms with van der Waals surface area (Å²) < 4.78 is 16.8. The highest BCUT2D eigenvalue weighted by atomic mass is 16.5. The summed E-state index contributed by atoms with van der Waals surface area (Å²) in [5.74, 6) is 2.32. The van der Waals surface area contributed by atoms with Crippen LogP contribution >= 0.6 is 0 Å². The molecule has 0 bridgehead atoms. The van der Waals surface area contributed by atoms with Gasteiger partial charge >= 0.3 is 5.97 Å². The predicted octanol–water partition coefficient (Wildman–Crippen LogP) is 5.47. The minimum Gasteiger partial charge on any atom is -0.494 e. The van der Waals surface area contributed by atoms with E-state index in [0.717, 1.165) is 24.5 Å². The van der Waals surface area contributed by atoms with E-state index in [4.69, 9.17) is 14.2 Å². The SMILES string of the molecule is CCCOc1ccc(C(=O)Oc2ccc(OCC3CC[CH]CC3)cc2)cc1. The van der Waals surface area contributed by atoms with Crippen LogP contribution in [0, 0.1) is 12.3 Å². The molecular weight excluding hydrogens is 340 g/mol. The fourth-order valence-corrected chi connectivity index (χ4v) is 3.05. The average Bonchev–Trinajstić information content (AvgIpc) is 2.73. The molecule has 1 aliphatic carbocycles. The molecular formula is C23H27O4. The molecule has 4 nitrogen and oxygen atoms in total. The second kappa shape index (κ2) is 10.0. The van der Waals surface area contributed by atoms with Crippen molar-refractivity contribution >= 4 is 5.97 Å². The molecule has 0 atom stereocenters. The Hall–Kier alpha value is -2.49. The molecule has 143 valence electrons. The van der Waals surface area contributed by atoms with Crippen LogP contribution in [-0.2, 0) is 0 Å². The Kier molecular flexibility index (Phi) is 7.14. The molecule has 1 radical (unpaired) electrons. The normalized spacial score (nSPS) is 14.6. The first kappa shape index (κ1) is 19.3. The Morgan fingerprint density at radius 2 is 1.48 bits per heavy atom. The Morgan fingerprint density at radius 3 is 2.15 bits per heavy atom. The molecule has 1 fully saturated rings. The molecule has 0 heterocycles. The van der Waals surface area contributed by atoms with E-state index in [1.165, 1.54) is 25.7 Å². The van der Waals surface area contributed by atoms with E-state index < -0.39 is 0 Å². The Balaban J connectivity index is 1.49. The lowest BCUT2D eigenvalue weighted by Gasteiger charge is -2.21. The van der Waals surface area contributed by atoms with Gasteiger partial charge in [0.25, 0.3) is 0 Å². The lowest BCUT2D eigenvalue weighted by molar-refractivity contribution is 0.0734. The lowest BCUT2D eigenvalue weighted by Crippen LogP contribution is -2.15. The van der Waals surface area contributed by atoms with Crippen molar-refractivity contribution in [2.45, 2.75) is 39.0 Å². The van der Waals surface area contributed by atoms with Crippen molar-refractivity contribution in [3.63, 3.8) is 0 Å². The van der Waals surface area contributed by atoms with Gasteiger partial charge in [-0.2, -0.15) is 0 Å². The molecule has 0 N–H and O–H groups in total. The van der Waals surface area contributed by atoms with Crippen LogP contribution in [0.4, 0.5) is 0 Å². The zero-order valence-corrected chi connectivity index (χ0v) is 15.9. The Bertz CT molecular complexity index is 700. The molecule has 27 heavy (non-hydrogen) atoms. The number of hydrogen-bond donors (Lipinski definition) is 0. The second-order valence-corrected chi connectivity index (χ2v) is 6.85. The molecule has 0 amide bonds. The zero-order chi connectivity index (χ0) is 18.9. The van der Waals surface area contributed by atoms with Crippen LogP contribution in [0.15, 0.2) is 48.5 Å². The van der Waals surface area contributed by atoms with E-state index in [1.807, 2.05) is 12.1 Å². The summed E-state index contributed by atoms with van der Waals surface area (Å²) in [6.07, 6.45) is 8.09. The first-order valence-electron chi connectivity index (χ1n) is 9.74. The van der Waals surface area contributed by atoms with Crippen LogP contribution in [0.1, 0.15) is 49.4 Å². The maximum atomic E-state index is 12.3. The molecule has 0 aromatic heterocycles. The third kappa shape index (κ3) is 6.02. The highest BCUT2D eigenvalue weighted by Crippen LogP contribution is 2.25. The van der Waals surface area contributed by atoms with Crippen molar-refractivity contribution in [3.05, 3.63) is 60.5 Å². The fraction of sp³-hybridized carbons (Fsp3) is 0.391. The van der Waals surface area contributed by atoms with Crippen molar-refractivity contribution in [2.24, 2.45) is 5.92 Å². The van der Waals surface area contributed by atoms with Gasteiger partial charge in [-0.25, -0.2) is 4.79 Å². The summed E-state index contributed by atoms with van der Waals surface area (Å²) in [7, 11) is 0. The second-order valence-electron chi connectivity index (χ2n) is 6.85. The molecule has 3 rings (SSSR count). The third-order valence-electron chi connectivity index (χ3n) is 4.64. The highest BCUT2D eigenvalue weighted by Gasteiger charge is 2.14. The van der Waals surface area contributed by atoms with Crippen LogP contribution in [0.25, 0.3) is 0 Å². The van der Waals surface area contributed by atoms with Crippen LogP contribution in [0.5, 0.6) is 17.2 Å². The quantitative estimate of drug-likeness (QED) is 0.458. The van der Waals surface area contributed by atoms with Crippen LogP contribution in [-0.4, -0.2) is 19.2 Å². The van der Waals surface area contributed by atoms with Gasteiger partial charge in [0.2, 0.25) is 0 Å².